The van der Waals surface area contributed by atoms with E-state index >= 15 is 0 Å². The van der Waals surface area contributed by atoms with Crippen molar-refractivity contribution in [2.24, 2.45) is 0 Å². The highest BCUT2D eigenvalue weighted by molar-refractivity contribution is 6.39. The number of nitrogens with zero attached hydrogens (tertiary/aromatic N) is 2. The van der Waals surface area contributed by atoms with Gasteiger partial charge in [-0.25, -0.2) is 4.79 Å². The Hall–Kier alpha value is -2.12. The van der Waals surface area contributed by atoms with Gasteiger partial charge in [-0.2, -0.15) is 9.37 Å². The molecule has 6 nitrogen and oxygen atoms in total. The van der Waals surface area contributed by atoms with Crippen LogP contribution in [0.1, 0.15) is 5.56 Å². The fourth-order valence-corrected chi connectivity index (χ4v) is 1.79. The largest absolute Gasteiger partial charge is 0.464 e. The van der Waals surface area contributed by atoms with Gasteiger partial charge in [0.2, 0.25) is 11.8 Å². The van der Waals surface area contributed by atoms with Crippen LogP contribution in [0.15, 0.2) is 24.5 Å². The molecular weight excluding hydrogens is 336 g/mol. The average molecular weight is 346 g/mol. The van der Waals surface area contributed by atoms with Gasteiger partial charge in [0.15, 0.2) is 6.61 Å². The second kappa shape index (κ2) is 7.24. The molecule has 0 bridgehead atoms. The first kappa shape index (κ1) is 16.3. The lowest BCUT2D eigenvalue weighted by atomic mass is 10.3. The lowest BCUT2D eigenvalue weighted by molar-refractivity contribution is -0.147. The van der Waals surface area contributed by atoms with Crippen molar-refractivity contribution in [2.45, 2.75) is 6.61 Å². The summed E-state index contributed by atoms with van der Waals surface area (Å²) in [5, 5.41) is -0.578. The number of halogens is 3. The van der Waals surface area contributed by atoms with Crippen LogP contribution in [0.4, 0.5) is 10.1 Å². The molecule has 0 aliphatic heterocycles. The molecule has 0 unspecified atom stereocenters. The molecule has 0 aromatic carbocycles. The van der Waals surface area contributed by atoms with E-state index in [2.05, 4.69) is 9.97 Å². The highest BCUT2D eigenvalue weighted by atomic mass is 35.5. The molecule has 0 amide bonds. The van der Waals surface area contributed by atoms with Gasteiger partial charge in [-0.15, -0.1) is 0 Å². The average Bonchev–Trinajstić information content (AvgIpc) is 2.54. The van der Waals surface area contributed by atoms with Gasteiger partial charge < -0.3 is 15.2 Å². The predicted molar refractivity (Wildman–Crippen MR) is 78.2 cm³/mol. The van der Waals surface area contributed by atoms with E-state index in [9.17, 15) is 9.18 Å². The lowest BCUT2D eigenvalue weighted by Crippen LogP contribution is -2.16. The van der Waals surface area contributed by atoms with Crippen molar-refractivity contribution < 1.29 is 18.7 Å². The number of carbonyl (C=O) groups is 1. The first-order valence-corrected chi connectivity index (χ1v) is 6.72. The van der Waals surface area contributed by atoms with E-state index in [1.165, 1.54) is 0 Å². The van der Waals surface area contributed by atoms with E-state index in [0.717, 1.165) is 5.56 Å². The fourth-order valence-electron chi connectivity index (χ4n) is 1.42. The summed E-state index contributed by atoms with van der Waals surface area (Å²) in [4.78, 5) is 18.8. The molecule has 0 atom stereocenters. The van der Waals surface area contributed by atoms with Gasteiger partial charge in [0.25, 0.3) is 0 Å². The van der Waals surface area contributed by atoms with Crippen molar-refractivity contribution in [3.63, 3.8) is 0 Å². The highest BCUT2D eigenvalue weighted by Gasteiger charge is 2.17. The number of aromatic nitrogens is 2. The second-order valence-corrected chi connectivity index (χ2v) is 4.81. The minimum Gasteiger partial charge on any atom is -0.464 e. The molecule has 0 saturated carbocycles. The molecule has 22 heavy (non-hydrogen) atoms. The van der Waals surface area contributed by atoms with Crippen LogP contribution in [0, 0.1) is 5.95 Å². The Kier molecular flexibility index (Phi) is 5.35. The molecule has 2 aromatic rings. The minimum atomic E-state index is -1.04. The number of ether oxygens (including phenoxy) is 2. The van der Waals surface area contributed by atoms with Gasteiger partial charge in [-0.05, 0) is 17.7 Å². The normalized spacial score (nSPS) is 10.3. The zero-order valence-electron chi connectivity index (χ0n) is 11.1. The van der Waals surface area contributed by atoms with E-state index in [1.807, 2.05) is 0 Å². The number of rotatable bonds is 5. The first-order chi connectivity index (χ1) is 10.5. The molecule has 2 heterocycles. The maximum absolute atomic E-state index is 13.3. The van der Waals surface area contributed by atoms with Crippen LogP contribution >= 0.6 is 23.2 Å². The van der Waals surface area contributed by atoms with Crippen LogP contribution < -0.4 is 10.5 Å². The predicted octanol–water partition coefficient (Wildman–Crippen LogP) is 2.63. The number of anilines is 1. The molecule has 2 aromatic heterocycles. The SMILES string of the molecule is Nc1c(Cl)c(F)nc(OCC(=O)OCc2ccncc2)c1Cl. The molecule has 0 aliphatic rings. The summed E-state index contributed by atoms with van der Waals surface area (Å²) in [6.45, 7) is -0.443. The Morgan fingerprint density at radius 1 is 1.27 bits per heavy atom. The smallest absolute Gasteiger partial charge is 0.344 e. The summed E-state index contributed by atoms with van der Waals surface area (Å²) >= 11 is 11.3. The zero-order valence-corrected chi connectivity index (χ0v) is 12.6. The monoisotopic (exact) mass is 345 g/mol. The van der Waals surface area contributed by atoms with Crippen LogP contribution in [0.3, 0.4) is 0 Å². The van der Waals surface area contributed by atoms with Crippen molar-refractivity contribution in [1.82, 2.24) is 9.97 Å². The number of esters is 1. The maximum Gasteiger partial charge on any atom is 0.344 e. The fraction of sp³-hybridized carbons (Fsp3) is 0.154. The first-order valence-electron chi connectivity index (χ1n) is 5.96. The van der Waals surface area contributed by atoms with Gasteiger partial charge in [0.1, 0.15) is 16.7 Å². The second-order valence-electron chi connectivity index (χ2n) is 4.05. The van der Waals surface area contributed by atoms with Gasteiger partial charge in [0.05, 0.1) is 5.69 Å². The third-order valence-corrected chi connectivity index (χ3v) is 3.24. The van der Waals surface area contributed by atoms with Crippen molar-refractivity contribution in [3.05, 3.63) is 46.1 Å². The molecule has 0 aliphatic carbocycles. The number of hydrogen-bond acceptors (Lipinski definition) is 6. The van der Waals surface area contributed by atoms with Crippen LogP contribution in [-0.2, 0) is 16.1 Å². The summed E-state index contributed by atoms with van der Waals surface area (Å²) in [6.07, 6.45) is 3.14. The molecule has 0 fully saturated rings. The third-order valence-electron chi connectivity index (χ3n) is 2.52. The molecular formula is C13H10Cl2FN3O3. The Bertz CT molecular complexity index is 686. The Morgan fingerprint density at radius 3 is 2.64 bits per heavy atom. The molecule has 0 spiro atoms. The number of nitrogens with two attached hydrogens (primary N) is 1. The number of hydrogen-bond donors (Lipinski definition) is 1. The summed E-state index contributed by atoms with van der Waals surface area (Å²) in [7, 11) is 0. The number of pyridine rings is 2. The summed E-state index contributed by atoms with van der Waals surface area (Å²) in [5.74, 6) is -2.05. The number of carbonyl (C=O) groups excluding carboxylic acids is 1. The van der Waals surface area contributed by atoms with Gasteiger partial charge in [-0.3, -0.25) is 4.98 Å². The zero-order chi connectivity index (χ0) is 16.1. The molecule has 9 heteroatoms. The summed E-state index contributed by atoms with van der Waals surface area (Å²) in [5.41, 5.74) is 6.03. The highest BCUT2D eigenvalue weighted by Crippen LogP contribution is 2.35. The molecule has 0 saturated heterocycles. The minimum absolute atomic E-state index is 0.0585. The van der Waals surface area contributed by atoms with Crippen LogP contribution in [0.25, 0.3) is 0 Å². The topological polar surface area (TPSA) is 87.3 Å². The van der Waals surface area contributed by atoms with Crippen molar-refractivity contribution in [1.29, 1.82) is 0 Å². The van der Waals surface area contributed by atoms with E-state index in [-0.39, 0.29) is 23.2 Å². The van der Waals surface area contributed by atoms with Crippen molar-refractivity contribution in [3.8, 4) is 5.88 Å². The van der Waals surface area contributed by atoms with E-state index in [0.29, 0.717) is 0 Å². The van der Waals surface area contributed by atoms with Crippen molar-refractivity contribution >= 4 is 34.9 Å². The Labute approximate surface area is 135 Å². The quantitative estimate of drug-likeness (QED) is 0.662. The van der Waals surface area contributed by atoms with Crippen LogP contribution in [-0.4, -0.2) is 22.5 Å². The lowest BCUT2D eigenvalue weighted by Gasteiger charge is -2.10. The van der Waals surface area contributed by atoms with Crippen molar-refractivity contribution in [2.75, 3.05) is 12.3 Å². The van der Waals surface area contributed by atoms with Gasteiger partial charge >= 0.3 is 5.97 Å². The molecule has 0 radical (unpaired) electrons. The van der Waals surface area contributed by atoms with E-state index in [4.69, 9.17) is 38.4 Å². The van der Waals surface area contributed by atoms with E-state index in [1.54, 1.807) is 24.5 Å². The van der Waals surface area contributed by atoms with E-state index < -0.39 is 23.5 Å². The van der Waals surface area contributed by atoms with Crippen LogP contribution in [0.5, 0.6) is 5.88 Å². The third kappa shape index (κ3) is 3.96. The van der Waals surface area contributed by atoms with Crippen LogP contribution in [0.2, 0.25) is 10.0 Å². The Morgan fingerprint density at radius 2 is 1.95 bits per heavy atom. The molecule has 116 valence electrons. The maximum atomic E-state index is 13.3. The molecule has 2 rings (SSSR count). The van der Waals surface area contributed by atoms with Gasteiger partial charge in [-0.1, -0.05) is 23.2 Å². The summed E-state index contributed by atoms with van der Waals surface area (Å²) in [6, 6.07) is 3.39. The number of nitrogen functional groups attached to an aromatic ring is 1. The standard InChI is InChI=1S/C13H10Cl2FN3O3/c14-9-11(17)10(15)13(19-12(9)16)22-6-8(20)21-5-7-1-3-18-4-2-7/h1-4H,5-6H2,(H2,17,19). The molecule has 2 N–H and O–H groups in total. The Balaban J connectivity index is 1.92. The van der Waals surface area contributed by atoms with Gasteiger partial charge in [0, 0.05) is 12.4 Å². The summed E-state index contributed by atoms with van der Waals surface area (Å²) < 4.78 is 23.3.